The lowest BCUT2D eigenvalue weighted by Crippen LogP contribution is -2.35. The Morgan fingerprint density at radius 2 is 1.70 bits per heavy atom. The monoisotopic (exact) mass is 331 g/mol. The van der Waals surface area contributed by atoms with Gasteiger partial charge in [0, 0.05) is 19.7 Å². The van der Waals surface area contributed by atoms with Gasteiger partial charge in [-0.05, 0) is 24.4 Å². The molecule has 120 valence electrons. The summed E-state index contributed by atoms with van der Waals surface area (Å²) in [7, 11) is 3.17. The van der Waals surface area contributed by atoms with Crippen molar-refractivity contribution in [3.63, 3.8) is 0 Å². The van der Waals surface area contributed by atoms with Gasteiger partial charge in [0.25, 0.3) is 5.91 Å². The van der Waals surface area contributed by atoms with Crippen LogP contribution >= 0.6 is 11.3 Å². The normalized spacial score (nSPS) is 11.6. The molecule has 2 aromatic rings. The van der Waals surface area contributed by atoms with E-state index in [9.17, 15) is 14.4 Å². The van der Waals surface area contributed by atoms with E-state index in [4.69, 9.17) is 4.74 Å². The van der Waals surface area contributed by atoms with E-state index < -0.39 is 12.1 Å². The molecule has 0 saturated carbocycles. The maximum Gasteiger partial charge on any atom is 0.339 e. The summed E-state index contributed by atoms with van der Waals surface area (Å²) in [5, 5.41) is 1.80. The first-order valence-corrected chi connectivity index (χ1v) is 7.89. The van der Waals surface area contributed by atoms with Crippen molar-refractivity contribution in [2.75, 3.05) is 14.1 Å². The van der Waals surface area contributed by atoms with Gasteiger partial charge in [0.15, 0.2) is 6.10 Å². The van der Waals surface area contributed by atoms with Crippen molar-refractivity contribution in [3.8, 4) is 0 Å². The quantitative estimate of drug-likeness (QED) is 0.624. The Kier molecular flexibility index (Phi) is 5.28. The molecule has 5 nitrogen and oxygen atoms in total. The molecule has 6 heteroatoms. The van der Waals surface area contributed by atoms with Crippen LogP contribution in [0.3, 0.4) is 0 Å². The lowest BCUT2D eigenvalue weighted by molar-refractivity contribution is -0.137. The lowest BCUT2D eigenvalue weighted by Gasteiger charge is -2.17. The van der Waals surface area contributed by atoms with Gasteiger partial charge in [0.2, 0.25) is 5.78 Å². The maximum atomic E-state index is 12.5. The number of hydrogen-bond donors (Lipinski definition) is 0. The van der Waals surface area contributed by atoms with Gasteiger partial charge in [-0.1, -0.05) is 24.3 Å². The van der Waals surface area contributed by atoms with Crippen LogP contribution in [0.2, 0.25) is 0 Å². The number of ketones is 1. The van der Waals surface area contributed by atoms with Crippen LogP contribution in [0.5, 0.6) is 0 Å². The Bertz CT molecular complexity index is 722. The molecular weight excluding hydrogens is 314 g/mol. The third kappa shape index (κ3) is 3.84. The molecule has 23 heavy (non-hydrogen) atoms. The highest BCUT2D eigenvalue weighted by molar-refractivity contribution is 7.12. The largest absolute Gasteiger partial charge is 0.449 e. The van der Waals surface area contributed by atoms with Crippen LogP contribution in [0.1, 0.15) is 32.5 Å². The van der Waals surface area contributed by atoms with Gasteiger partial charge in [-0.3, -0.25) is 9.59 Å². The fraction of sp³-hybridized carbons (Fsp3) is 0.235. The van der Waals surface area contributed by atoms with Gasteiger partial charge in [0.05, 0.1) is 10.4 Å². The summed E-state index contributed by atoms with van der Waals surface area (Å²) in [6, 6.07) is 9.92. The fourth-order valence-corrected chi connectivity index (χ4v) is 2.72. The third-order valence-corrected chi connectivity index (χ3v) is 4.08. The van der Waals surface area contributed by atoms with Crippen molar-refractivity contribution in [1.82, 2.24) is 4.90 Å². The highest BCUT2D eigenvalue weighted by atomic mass is 32.1. The summed E-state index contributed by atoms with van der Waals surface area (Å²) in [4.78, 5) is 38.5. The van der Waals surface area contributed by atoms with E-state index in [0.717, 1.165) is 0 Å². The number of carbonyl (C=O) groups excluding carboxylic acids is 3. The predicted molar refractivity (Wildman–Crippen MR) is 87.8 cm³/mol. The summed E-state index contributed by atoms with van der Waals surface area (Å²) in [6.45, 7) is 1.50. The fourth-order valence-electron chi connectivity index (χ4n) is 2.04. The summed E-state index contributed by atoms with van der Waals surface area (Å²) in [5.74, 6) is -1.24. The molecule has 0 unspecified atom stereocenters. The summed E-state index contributed by atoms with van der Waals surface area (Å²) < 4.78 is 5.19. The second-order valence-electron chi connectivity index (χ2n) is 5.13. The van der Waals surface area contributed by atoms with Gasteiger partial charge < -0.3 is 9.64 Å². The number of carbonyl (C=O) groups is 3. The Hall–Kier alpha value is -2.47. The standard InChI is InChI=1S/C17H17NO4S/c1-11(16(20)18(2)3)22-17(21)13-8-5-4-7-12(13)15(19)14-9-6-10-23-14/h4-11H,1-3H3/t11-/m0/s1. The van der Waals surface area contributed by atoms with Crippen molar-refractivity contribution in [1.29, 1.82) is 0 Å². The number of esters is 1. The zero-order valence-corrected chi connectivity index (χ0v) is 13.9. The first-order valence-electron chi connectivity index (χ1n) is 7.01. The molecule has 0 bridgehead atoms. The third-order valence-electron chi connectivity index (χ3n) is 3.21. The number of benzene rings is 1. The Labute approximate surface area is 138 Å². The van der Waals surface area contributed by atoms with E-state index in [0.29, 0.717) is 4.88 Å². The molecule has 0 fully saturated rings. The minimum atomic E-state index is -0.914. The van der Waals surface area contributed by atoms with E-state index in [1.807, 2.05) is 0 Å². The second-order valence-corrected chi connectivity index (χ2v) is 6.08. The van der Waals surface area contributed by atoms with E-state index in [2.05, 4.69) is 0 Å². The summed E-state index contributed by atoms with van der Waals surface area (Å²) >= 11 is 1.31. The van der Waals surface area contributed by atoms with E-state index >= 15 is 0 Å². The number of ether oxygens (including phenoxy) is 1. The number of nitrogens with zero attached hydrogens (tertiary/aromatic N) is 1. The average Bonchev–Trinajstić information content (AvgIpc) is 3.07. The highest BCUT2D eigenvalue weighted by Crippen LogP contribution is 2.19. The Morgan fingerprint density at radius 1 is 1.04 bits per heavy atom. The van der Waals surface area contributed by atoms with Crippen LogP contribution in [0.15, 0.2) is 41.8 Å². The van der Waals surface area contributed by atoms with Gasteiger partial charge in [-0.25, -0.2) is 4.79 Å². The van der Waals surface area contributed by atoms with Crippen LogP contribution in [0.25, 0.3) is 0 Å². The van der Waals surface area contributed by atoms with E-state index in [1.165, 1.54) is 29.2 Å². The molecule has 1 heterocycles. The molecular formula is C17H17NO4S. The maximum absolute atomic E-state index is 12.5. The average molecular weight is 331 g/mol. The van der Waals surface area contributed by atoms with E-state index in [1.54, 1.807) is 49.8 Å². The zero-order chi connectivity index (χ0) is 17.0. The SMILES string of the molecule is C[C@H](OC(=O)c1ccccc1C(=O)c1cccs1)C(=O)N(C)C. The molecule has 0 aliphatic carbocycles. The van der Waals surface area contributed by atoms with Crippen LogP contribution in [-0.2, 0) is 9.53 Å². The summed E-state index contributed by atoms with van der Waals surface area (Å²) in [5.41, 5.74) is 0.425. The number of rotatable bonds is 5. The summed E-state index contributed by atoms with van der Waals surface area (Å²) in [6.07, 6.45) is -0.914. The lowest BCUT2D eigenvalue weighted by atomic mass is 10.0. The van der Waals surface area contributed by atoms with Crippen LogP contribution in [0.4, 0.5) is 0 Å². The van der Waals surface area contributed by atoms with Crippen molar-refractivity contribution < 1.29 is 19.1 Å². The van der Waals surface area contributed by atoms with Crippen molar-refractivity contribution in [2.24, 2.45) is 0 Å². The van der Waals surface area contributed by atoms with Gasteiger partial charge in [0.1, 0.15) is 0 Å². The number of likely N-dealkylation sites (N-methyl/N-ethyl adjacent to an activating group) is 1. The van der Waals surface area contributed by atoms with Crippen LogP contribution in [0, 0.1) is 0 Å². The molecule has 0 spiro atoms. The van der Waals surface area contributed by atoms with Crippen molar-refractivity contribution in [2.45, 2.75) is 13.0 Å². The van der Waals surface area contributed by atoms with E-state index in [-0.39, 0.29) is 22.8 Å². The predicted octanol–water partition coefficient (Wildman–Crippen LogP) is 2.61. The number of thiophene rings is 1. The minimum absolute atomic E-state index is 0.157. The van der Waals surface area contributed by atoms with Crippen molar-refractivity contribution >= 4 is 29.0 Å². The first kappa shape index (κ1) is 16.9. The number of amides is 1. The molecule has 0 aliphatic rings. The Morgan fingerprint density at radius 3 is 2.26 bits per heavy atom. The van der Waals surface area contributed by atoms with Gasteiger partial charge in [-0.15, -0.1) is 11.3 Å². The minimum Gasteiger partial charge on any atom is -0.449 e. The molecule has 0 N–H and O–H groups in total. The van der Waals surface area contributed by atoms with Gasteiger partial charge in [-0.2, -0.15) is 0 Å². The molecule has 1 atom stereocenters. The topological polar surface area (TPSA) is 63.7 Å². The first-order chi connectivity index (χ1) is 10.9. The molecule has 1 aromatic heterocycles. The molecule has 0 aliphatic heterocycles. The van der Waals surface area contributed by atoms with Crippen LogP contribution < -0.4 is 0 Å². The second kappa shape index (κ2) is 7.19. The smallest absolute Gasteiger partial charge is 0.339 e. The molecule has 1 amide bonds. The molecule has 2 rings (SSSR count). The molecule has 0 radical (unpaired) electrons. The van der Waals surface area contributed by atoms with Crippen molar-refractivity contribution in [3.05, 3.63) is 57.8 Å². The Balaban J connectivity index is 2.25. The molecule has 0 saturated heterocycles. The molecule has 1 aromatic carbocycles. The van der Waals surface area contributed by atoms with Crippen LogP contribution in [-0.4, -0.2) is 42.8 Å². The van der Waals surface area contributed by atoms with Gasteiger partial charge >= 0.3 is 5.97 Å². The number of hydrogen-bond acceptors (Lipinski definition) is 5. The highest BCUT2D eigenvalue weighted by Gasteiger charge is 2.24. The zero-order valence-electron chi connectivity index (χ0n) is 13.1.